The molecule has 0 saturated heterocycles. The summed E-state index contributed by atoms with van der Waals surface area (Å²) in [5.41, 5.74) is 0.766. The molecule has 1 rings (SSSR count). The van der Waals surface area contributed by atoms with Gasteiger partial charge in [0, 0.05) is 17.0 Å². The van der Waals surface area contributed by atoms with E-state index >= 15 is 0 Å². The van der Waals surface area contributed by atoms with Crippen molar-refractivity contribution in [2.75, 3.05) is 19.8 Å². The smallest absolute Gasteiger partial charge is 0.321 e. The van der Waals surface area contributed by atoms with Gasteiger partial charge in [-0.15, -0.1) is 11.8 Å². The molecule has 1 aromatic rings. The maximum atomic E-state index is 11.8. The molecule has 0 atom stereocenters. The van der Waals surface area contributed by atoms with Crippen molar-refractivity contribution < 1.29 is 9.59 Å². The summed E-state index contributed by atoms with van der Waals surface area (Å²) < 4.78 is 0. The van der Waals surface area contributed by atoms with Gasteiger partial charge in [0.25, 0.3) is 0 Å². The van der Waals surface area contributed by atoms with E-state index in [9.17, 15) is 9.59 Å². The molecule has 5 nitrogen and oxygen atoms in total. The minimum atomic E-state index is -0.463. The predicted molar refractivity (Wildman–Crippen MR) is 91.0 cm³/mol. The SMILES string of the molecule is CSc1ccc(CN(C)CC(=O)NC(=O)NC(C)(C)C)cc1. The minimum Gasteiger partial charge on any atom is -0.333 e. The average molecular weight is 323 g/mol. The Kier molecular flexibility index (Phi) is 6.90. The first-order valence-corrected chi connectivity index (χ1v) is 8.35. The van der Waals surface area contributed by atoms with Crippen LogP contribution in [-0.2, 0) is 11.3 Å². The standard InChI is InChI=1S/C16H25N3O2S/c1-16(2,3)18-15(21)17-14(20)11-19(4)10-12-6-8-13(22-5)9-7-12/h6-9H,10-11H2,1-5H3,(H2,17,18,20,21). The molecule has 0 unspecified atom stereocenters. The third kappa shape index (κ3) is 7.47. The highest BCUT2D eigenvalue weighted by molar-refractivity contribution is 7.98. The number of carbonyl (C=O) groups is 2. The maximum absolute atomic E-state index is 11.8. The van der Waals surface area contributed by atoms with Crippen LogP contribution in [0.4, 0.5) is 4.79 Å². The van der Waals surface area contributed by atoms with Crippen LogP contribution in [0.5, 0.6) is 0 Å². The molecule has 0 aliphatic rings. The number of urea groups is 1. The topological polar surface area (TPSA) is 61.4 Å². The highest BCUT2D eigenvalue weighted by Crippen LogP contribution is 2.15. The van der Waals surface area contributed by atoms with E-state index < -0.39 is 6.03 Å². The average Bonchev–Trinajstić information content (AvgIpc) is 2.36. The van der Waals surface area contributed by atoms with Gasteiger partial charge in [0.15, 0.2) is 0 Å². The van der Waals surface area contributed by atoms with Crippen molar-refractivity contribution in [1.82, 2.24) is 15.5 Å². The highest BCUT2D eigenvalue weighted by atomic mass is 32.2. The number of imide groups is 1. The Bertz CT molecular complexity index is 509. The fourth-order valence-electron chi connectivity index (χ4n) is 1.88. The second kappa shape index (κ2) is 8.19. The molecule has 22 heavy (non-hydrogen) atoms. The molecule has 122 valence electrons. The monoisotopic (exact) mass is 323 g/mol. The first kappa shape index (κ1) is 18.5. The largest absolute Gasteiger partial charge is 0.333 e. The summed E-state index contributed by atoms with van der Waals surface area (Å²) in [5.74, 6) is -0.315. The van der Waals surface area contributed by atoms with Crippen LogP contribution in [-0.4, -0.2) is 42.2 Å². The molecular weight excluding hydrogens is 298 g/mol. The summed E-state index contributed by atoms with van der Waals surface area (Å²) in [5, 5.41) is 5.03. The van der Waals surface area contributed by atoms with E-state index in [0.717, 1.165) is 5.56 Å². The molecule has 6 heteroatoms. The first-order chi connectivity index (χ1) is 10.2. The van der Waals surface area contributed by atoms with E-state index in [-0.39, 0.29) is 18.0 Å². The summed E-state index contributed by atoms with van der Waals surface area (Å²) in [6.07, 6.45) is 2.04. The number of hydrogen-bond acceptors (Lipinski definition) is 4. The Morgan fingerprint density at radius 2 is 1.77 bits per heavy atom. The Balaban J connectivity index is 2.41. The van der Waals surface area contributed by atoms with Crippen LogP contribution >= 0.6 is 11.8 Å². The Morgan fingerprint density at radius 1 is 1.18 bits per heavy atom. The van der Waals surface area contributed by atoms with Crippen molar-refractivity contribution in [2.45, 2.75) is 37.8 Å². The van der Waals surface area contributed by atoms with E-state index in [4.69, 9.17) is 0 Å². The van der Waals surface area contributed by atoms with Crippen molar-refractivity contribution in [3.05, 3.63) is 29.8 Å². The lowest BCUT2D eigenvalue weighted by Crippen LogP contribution is -2.50. The van der Waals surface area contributed by atoms with Crippen LogP contribution in [0.15, 0.2) is 29.2 Å². The third-order valence-electron chi connectivity index (χ3n) is 2.77. The number of rotatable bonds is 5. The van der Waals surface area contributed by atoms with Crippen LogP contribution in [0.2, 0.25) is 0 Å². The lowest BCUT2D eigenvalue weighted by atomic mass is 10.1. The van der Waals surface area contributed by atoms with Crippen LogP contribution in [0.1, 0.15) is 26.3 Å². The molecule has 0 aromatic heterocycles. The molecule has 0 aliphatic carbocycles. The van der Waals surface area contributed by atoms with Crippen molar-refractivity contribution in [3.8, 4) is 0 Å². The van der Waals surface area contributed by atoms with E-state index in [0.29, 0.717) is 6.54 Å². The molecule has 0 aliphatic heterocycles. The Hall–Kier alpha value is -1.53. The lowest BCUT2D eigenvalue weighted by molar-refractivity contribution is -0.121. The van der Waals surface area contributed by atoms with Crippen molar-refractivity contribution in [1.29, 1.82) is 0 Å². The minimum absolute atomic E-state index is 0.168. The fraction of sp³-hybridized carbons (Fsp3) is 0.500. The van der Waals surface area contributed by atoms with Gasteiger partial charge in [-0.2, -0.15) is 0 Å². The van der Waals surface area contributed by atoms with Crippen molar-refractivity contribution >= 4 is 23.7 Å². The van der Waals surface area contributed by atoms with Gasteiger partial charge >= 0.3 is 6.03 Å². The molecule has 0 radical (unpaired) electrons. The number of nitrogens with one attached hydrogen (secondary N) is 2. The Labute approximate surface area is 136 Å². The molecule has 3 amide bonds. The van der Waals surface area contributed by atoms with Gasteiger partial charge in [0.05, 0.1) is 6.54 Å². The lowest BCUT2D eigenvalue weighted by Gasteiger charge is -2.21. The predicted octanol–water partition coefficient (Wildman–Crippen LogP) is 2.46. The summed E-state index contributed by atoms with van der Waals surface area (Å²) in [6, 6.07) is 7.75. The van der Waals surface area contributed by atoms with Gasteiger partial charge in [-0.3, -0.25) is 15.0 Å². The van der Waals surface area contributed by atoms with Crippen molar-refractivity contribution in [3.63, 3.8) is 0 Å². The van der Waals surface area contributed by atoms with E-state index in [1.807, 2.05) is 51.1 Å². The van der Waals surface area contributed by atoms with Gasteiger partial charge in [0.2, 0.25) is 5.91 Å². The zero-order valence-electron chi connectivity index (χ0n) is 13.9. The molecule has 0 spiro atoms. The van der Waals surface area contributed by atoms with E-state index in [1.165, 1.54) is 4.90 Å². The molecule has 2 N–H and O–H groups in total. The van der Waals surface area contributed by atoms with E-state index in [2.05, 4.69) is 22.8 Å². The normalized spacial score (nSPS) is 11.4. The highest BCUT2D eigenvalue weighted by Gasteiger charge is 2.16. The first-order valence-electron chi connectivity index (χ1n) is 7.13. The number of carbonyl (C=O) groups excluding carboxylic acids is 2. The van der Waals surface area contributed by atoms with Gasteiger partial charge in [0.1, 0.15) is 0 Å². The maximum Gasteiger partial charge on any atom is 0.321 e. The number of thioether (sulfide) groups is 1. The second-order valence-corrected chi connectivity index (χ2v) is 7.15. The van der Waals surface area contributed by atoms with Crippen LogP contribution in [0, 0.1) is 0 Å². The van der Waals surface area contributed by atoms with Gasteiger partial charge in [-0.05, 0) is 51.8 Å². The third-order valence-corrected chi connectivity index (χ3v) is 3.51. The number of hydrogen-bond donors (Lipinski definition) is 2. The molecule has 0 bridgehead atoms. The second-order valence-electron chi connectivity index (χ2n) is 6.27. The number of benzene rings is 1. The van der Waals surface area contributed by atoms with Crippen LogP contribution < -0.4 is 10.6 Å². The molecule has 0 fully saturated rings. The van der Waals surface area contributed by atoms with Gasteiger partial charge in [-0.1, -0.05) is 12.1 Å². The molecule has 1 aromatic carbocycles. The zero-order valence-corrected chi connectivity index (χ0v) is 14.7. The number of nitrogens with zero attached hydrogens (tertiary/aromatic N) is 1. The molecular formula is C16H25N3O2S. The van der Waals surface area contributed by atoms with Gasteiger partial charge in [-0.25, -0.2) is 4.79 Å². The summed E-state index contributed by atoms with van der Waals surface area (Å²) in [6.45, 7) is 6.41. The zero-order chi connectivity index (χ0) is 16.8. The fourth-order valence-corrected chi connectivity index (χ4v) is 2.29. The summed E-state index contributed by atoms with van der Waals surface area (Å²) in [7, 11) is 1.85. The van der Waals surface area contributed by atoms with E-state index in [1.54, 1.807) is 11.8 Å². The van der Waals surface area contributed by atoms with Crippen LogP contribution in [0.3, 0.4) is 0 Å². The van der Waals surface area contributed by atoms with Crippen molar-refractivity contribution in [2.24, 2.45) is 0 Å². The number of amides is 3. The molecule has 0 heterocycles. The number of likely N-dealkylation sites (N-methyl/N-ethyl adjacent to an activating group) is 1. The Morgan fingerprint density at radius 3 is 2.27 bits per heavy atom. The quantitative estimate of drug-likeness (QED) is 0.817. The molecule has 0 saturated carbocycles. The summed E-state index contributed by atoms with van der Waals surface area (Å²) >= 11 is 1.70. The summed E-state index contributed by atoms with van der Waals surface area (Å²) in [4.78, 5) is 26.5. The van der Waals surface area contributed by atoms with Gasteiger partial charge < -0.3 is 5.32 Å². The van der Waals surface area contributed by atoms with Crippen LogP contribution in [0.25, 0.3) is 0 Å².